The number of benzene rings is 2. The van der Waals surface area contributed by atoms with Crippen LogP contribution in [0.3, 0.4) is 0 Å². The number of hydrogen-bond donors (Lipinski definition) is 1. The van der Waals surface area contributed by atoms with Crippen LogP contribution in [0, 0.1) is 0 Å². The number of aliphatic hydroxyl groups is 1. The molecule has 0 saturated carbocycles. The highest BCUT2D eigenvalue weighted by atomic mass is 16.3. The molecule has 0 unspecified atom stereocenters. The predicted octanol–water partition coefficient (Wildman–Crippen LogP) is 3.52. The molecule has 4 heteroatoms. The molecule has 0 spiro atoms. The number of likely N-dealkylation sites (tertiary alicyclic amines) is 1. The Balaban J connectivity index is 1.53. The van der Waals surface area contributed by atoms with E-state index in [1.165, 1.54) is 11.1 Å². The summed E-state index contributed by atoms with van der Waals surface area (Å²) in [4.78, 5) is 7.45. The summed E-state index contributed by atoms with van der Waals surface area (Å²) < 4.78 is 0. The van der Waals surface area contributed by atoms with Gasteiger partial charge in [0.2, 0.25) is 0 Å². The third-order valence-corrected chi connectivity index (χ3v) is 7.10. The number of likely N-dealkylation sites (N-methyl/N-ethyl adjacent to an activating group) is 1. The summed E-state index contributed by atoms with van der Waals surface area (Å²) in [7, 11) is 2.19. The Bertz CT molecular complexity index is 799. The molecule has 162 valence electrons. The molecule has 2 fully saturated rings. The molecule has 2 heterocycles. The lowest BCUT2D eigenvalue weighted by molar-refractivity contribution is -0.108. The largest absolute Gasteiger partial charge is 0.383 e. The maximum absolute atomic E-state index is 11.9. The normalized spacial score (nSPS) is 26.9. The van der Waals surface area contributed by atoms with E-state index < -0.39 is 5.60 Å². The molecule has 4 rings (SSSR count). The van der Waals surface area contributed by atoms with Gasteiger partial charge >= 0.3 is 0 Å². The van der Waals surface area contributed by atoms with Crippen molar-refractivity contribution >= 4 is 0 Å². The molecule has 2 atom stereocenters. The first kappa shape index (κ1) is 21.5. The second-order valence-electron chi connectivity index (χ2n) is 9.53. The first-order valence-electron chi connectivity index (χ1n) is 11.5. The summed E-state index contributed by atoms with van der Waals surface area (Å²) in [5.74, 6) is 0.566. The van der Waals surface area contributed by atoms with Gasteiger partial charge in [0.15, 0.2) is 0 Å². The van der Waals surface area contributed by atoms with Crippen molar-refractivity contribution in [2.45, 2.75) is 44.4 Å². The molecule has 0 aliphatic carbocycles. The standard InChI is InChI=1S/C26H37N3O/c1-21(2)23-11-9-22(10-12-23)19-28-14-13-26(30,24-7-5-4-6-8-24)25(20-28)29-17-15-27(3)16-18-29/h4-12,21,25,30H,13-20H2,1-3H3/t25-,26+/m1/s1. The van der Waals surface area contributed by atoms with Crippen molar-refractivity contribution in [3.05, 3.63) is 71.3 Å². The molecule has 2 aromatic rings. The van der Waals surface area contributed by atoms with E-state index >= 15 is 0 Å². The molecule has 4 nitrogen and oxygen atoms in total. The minimum absolute atomic E-state index is 0.122. The Hall–Kier alpha value is -1.72. The summed E-state index contributed by atoms with van der Waals surface area (Å²) in [6.07, 6.45) is 0.776. The molecule has 0 amide bonds. The van der Waals surface area contributed by atoms with E-state index in [-0.39, 0.29) is 6.04 Å². The van der Waals surface area contributed by atoms with Crippen LogP contribution in [-0.2, 0) is 12.1 Å². The first-order valence-corrected chi connectivity index (χ1v) is 11.5. The average Bonchev–Trinajstić information content (AvgIpc) is 2.77. The van der Waals surface area contributed by atoms with Crippen molar-refractivity contribution in [1.29, 1.82) is 0 Å². The van der Waals surface area contributed by atoms with Gasteiger partial charge in [-0.25, -0.2) is 0 Å². The minimum Gasteiger partial charge on any atom is -0.383 e. The van der Waals surface area contributed by atoms with E-state index in [4.69, 9.17) is 0 Å². The molecular weight excluding hydrogens is 370 g/mol. The van der Waals surface area contributed by atoms with Crippen molar-refractivity contribution in [1.82, 2.24) is 14.7 Å². The van der Waals surface area contributed by atoms with Gasteiger partial charge in [0.1, 0.15) is 5.60 Å². The fourth-order valence-corrected chi connectivity index (χ4v) is 5.01. The van der Waals surface area contributed by atoms with Gasteiger partial charge in [-0.15, -0.1) is 0 Å². The maximum atomic E-state index is 11.9. The average molecular weight is 408 g/mol. The van der Waals surface area contributed by atoms with Crippen LogP contribution in [0.5, 0.6) is 0 Å². The molecule has 2 aromatic carbocycles. The summed E-state index contributed by atoms with van der Waals surface area (Å²) in [6, 6.07) is 19.5. The van der Waals surface area contributed by atoms with Crippen molar-refractivity contribution < 1.29 is 5.11 Å². The smallest absolute Gasteiger partial charge is 0.108 e. The third-order valence-electron chi connectivity index (χ3n) is 7.10. The van der Waals surface area contributed by atoms with Gasteiger partial charge in [0.05, 0.1) is 6.04 Å². The minimum atomic E-state index is -0.783. The highest BCUT2D eigenvalue weighted by Crippen LogP contribution is 2.37. The summed E-state index contributed by atoms with van der Waals surface area (Å²) in [6.45, 7) is 11.4. The van der Waals surface area contributed by atoms with E-state index in [1.54, 1.807) is 0 Å². The van der Waals surface area contributed by atoms with Gasteiger partial charge < -0.3 is 10.0 Å². The van der Waals surface area contributed by atoms with Crippen LogP contribution in [0.25, 0.3) is 0 Å². The zero-order valence-electron chi connectivity index (χ0n) is 18.8. The van der Waals surface area contributed by atoms with Gasteiger partial charge in [0, 0.05) is 45.8 Å². The third kappa shape index (κ3) is 4.62. The van der Waals surface area contributed by atoms with Crippen LogP contribution in [0.15, 0.2) is 54.6 Å². The van der Waals surface area contributed by atoms with Crippen molar-refractivity contribution in [3.63, 3.8) is 0 Å². The van der Waals surface area contributed by atoms with Crippen LogP contribution in [0.4, 0.5) is 0 Å². The second kappa shape index (κ2) is 9.19. The summed E-state index contributed by atoms with van der Waals surface area (Å²) >= 11 is 0. The quantitative estimate of drug-likeness (QED) is 0.821. The van der Waals surface area contributed by atoms with E-state index in [0.717, 1.165) is 57.8 Å². The maximum Gasteiger partial charge on any atom is 0.108 e. The number of hydrogen-bond acceptors (Lipinski definition) is 4. The lowest BCUT2D eigenvalue weighted by atomic mass is 9.79. The van der Waals surface area contributed by atoms with Crippen molar-refractivity contribution in [2.75, 3.05) is 46.3 Å². The predicted molar refractivity (Wildman–Crippen MR) is 124 cm³/mol. The van der Waals surface area contributed by atoms with Crippen molar-refractivity contribution in [3.8, 4) is 0 Å². The molecule has 2 aliphatic heterocycles. The van der Waals surface area contributed by atoms with Gasteiger partial charge in [-0.05, 0) is 36.1 Å². The molecule has 0 bridgehead atoms. The molecule has 2 saturated heterocycles. The molecule has 0 aromatic heterocycles. The zero-order valence-corrected chi connectivity index (χ0v) is 18.8. The lowest BCUT2D eigenvalue weighted by Crippen LogP contribution is -2.63. The van der Waals surface area contributed by atoms with E-state index in [2.05, 4.69) is 84.1 Å². The molecule has 30 heavy (non-hydrogen) atoms. The highest BCUT2D eigenvalue weighted by molar-refractivity contribution is 5.27. The van der Waals surface area contributed by atoms with Crippen LogP contribution in [0.1, 0.15) is 42.9 Å². The Morgan fingerprint density at radius 1 is 0.933 bits per heavy atom. The topological polar surface area (TPSA) is 30.0 Å². The number of nitrogens with zero attached hydrogens (tertiary/aromatic N) is 3. The summed E-state index contributed by atoms with van der Waals surface area (Å²) in [5, 5.41) is 11.9. The lowest BCUT2D eigenvalue weighted by Gasteiger charge is -2.51. The number of piperazine rings is 1. The van der Waals surface area contributed by atoms with Gasteiger partial charge in [-0.2, -0.15) is 0 Å². The van der Waals surface area contributed by atoms with Crippen LogP contribution >= 0.6 is 0 Å². The molecule has 2 aliphatic rings. The Labute approximate surface area is 182 Å². The van der Waals surface area contributed by atoms with Crippen molar-refractivity contribution in [2.24, 2.45) is 0 Å². The zero-order chi connectivity index (χ0) is 21.1. The first-order chi connectivity index (χ1) is 14.5. The Kier molecular flexibility index (Phi) is 6.59. The second-order valence-corrected chi connectivity index (χ2v) is 9.53. The van der Waals surface area contributed by atoms with E-state index in [9.17, 15) is 5.11 Å². The van der Waals surface area contributed by atoms with Crippen LogP contribution in [0.2, 0.25) is 0 Å². The molecule has 1 N–H and O–H groups in total. The molecular formula is C26H37N3O. The highest BCUT2D eigenvalue weighted by Gasteiger charge is 2.46. The number of piperidine rings is 1. The van der Waals surface area contributed by atoms with E-state index in [0.29, 0.717) is 5.92 Å². The van der Waals surface area contributed by atoms with E-state index in [1.807, 2.05) is 6.07 Å². The van der Waals surface area contributed by atoms with Gasteiger partial charge in [0.25, 0.3) is 0 Å². The summed E-state index contributed by atoms with van der Waals surface area (Å²) in [5.41, 5.74) is 3.04. The SMILES string of the molecule is CC(C)c1ccc(CN2CC[C@](O)(c3ccccc3)[C@H](N3CCN(C)CC3)C2)cc1. The number of rotatable bonds is 5. The van der Waals surface area contributed by atoms with Crippen LogP contribution < -0.4 is 0 Å². The molecule has 0 radical (unpaired) electrons. The Morgan fingerprint density at radius 3 is 2.23 bits per heavy atom. The fraction of sp³-hybridized carbons (Fsp3) is 0.538. The van der Waals surface area contributed by atoms with Gasteiger partial charge in [-0.1, -0.05) is 68.4 Å². The monoisotopic (exact) mass is 407 g/mol. The van der Waals surface area contributed by atoms with Gasteiger partial charge in [-0.3, -0.25) is 9.80 Å². The fourth-order valence-electron chi connectivity index (χ4n) is 5.01. The Morgan fingerprint density at radius 2 is 1.60 bits per heavy atom. The van der Waals surface area contributed by atoms with Crippen LogP contribution in [-0.4, -0.2) is 72.2 Å².